The molecule has 1 aliphatic heterocycles. The Bertz CT molecular complexity index is 1010. The fourth-order valence-corrected chi connectivity index (χ4v) is 6.80. The van der Waals surface area contributed by atoms with E-state index in [0.29, 0.717) is 12.2 Å². The molecule has 4 aliphatic rings. The molecule has 0 spiro atoms. The number of fused-ring (bicyclic) bond motifs is 1. The van der Waals surface area contributed by atoms with E-state index in [1.54, 1.807) is 0 Å². The van der Waals surface area contributed by atoms with Crippen LogP contribution < -0.4 is 0 Å². The first-order valence-electron chi connectivity index (χ1n) is 11.7. The van der Waals surface area contributed by atoms with Crippen molar-refractivity contribution in [1.82, 2.24) is 4.90 Å². The third-order valence-corrected chi connectivity index (χ3v) is 12.7. The summed E-state index contributed by atoms with van der Waals surface area (Å²) in [4.78, 5) is 40.5. The van der Waals surface area contributed by atoms with Gasteiger partial charge in [-0.15, -0.1) is 0 Å². The Kier molecular flexibility index (Phi) is 5.73. The normalized spacial score (nSPS) is 31.5. The van der Waals surface area contributed by atoms with E-state index in [1.807, 2.05) is 43.3 Å². The molecule has 0 radical (unpaired) electrons. The predicted octanol–water partition coefficient (Wildman–Crippen LogP) is 4.67. The fraction of sp³-hybridized carbons (Fsp3) is 0.577. The number of hydrogen-bond acceptors (Lipinski definition) is 5. The van der Waals surface area contributed by atoms with Crippen LogP contribution in [-0.4, -0.2) is 37.1 Å². The number of imide groups is 1. The minimum absolute atomic E-state index is 0.0152. The SMILES string of the molecule is CC(=O)OC1=C[C@@H]2[C@@H]3C(=O)N(Cc4ccccc4)C(=O)[C@@H]3[C@@]1(C)C[C@H]2O[Si](C)(C)C(C)(C)C. The zero-order valence-corrected chi connectivity index (χ0v) is 21.7. The summed E-state index contributed by atoms with van der Waals surface area (Å²) in [5.74, 6) is -1.55. The Morgan fingerprint density at radius 3 is 2.36 bits per heavy atom. The van der Waals surface area contributed by atoms with Crippen LogP contribution in [-0.2, 0) is 30.1 Å². The van der Waals surface area contributed by atoms with Crippen molar-refractivity contribution < 1.29 is 23.5 Å². The number of carbonyl (C=O) groups excluding carboxylic acids is 3. The molecule has 1 aromatic rings. The molecule has 1 aromatic carbocycles. The van der Waals surface area contributed by atoms with Gasteiger partial charge in [0.15, 0.2) is 8.32 Å². The van der Waals surface area contributed by atoms with Crippen LogP contribution in [0.25, 0.3) is 0 Å². The number of hydrogen-bond donors (Lipinski definition) is 0. The highest BCUT2D eigenvalue weighted by Crippen LogP contribution is 2.61. The Balaban J connectivity index is 1.72. The van der Waals surface area contributed by atoms with Crippen molar-refractivity contribution in [2.75, 3.05) is 0 Å². The lowest BCUT2D eigenvalue weighted by atomic mass is 9.53. The summed E-state index contributed by atoms with van der Waals surface area (Å²) in [6.45, 7) is 14.6. The number of carbonyl (C=O) groups is 3. The van der Waals surface area contributed by atoms with E-state index in [4.69, 9.17) is 9.16 Å². The number of nitrogens with zero attached hydrogens (tertiary/aromatic N) is 1. The Morgan fingerprint density at radius 2 is 1.79 bits per heavy atom. The van der Waals surface area contributed by atoms with Crippen LogP contribution in [0.15, 0.2) is 42.2 Å². The maximum absolute atomic E-state index is 13.6. The van der Waals surface area contributed by atoms with E-state index in [9.17, 15) is 14.4 Å². The van der Waals surface area contributed by atoms with Gasteiger partial charge in [-0.1, -0.05) is 58.0 Å². The summed E-state index contributed by atoms with van der Waals surface area (Å²) in [6.07, 6.45) is 2.27. The van der Waals surface area contributed by atoms with Gasteiger partial charge in [0.2, 0.25) is 11.8 Å². The van der Waals surface area contributed by atoms with E-state index >= 15 is 0 Å². The standard InChI is InChI=1S/C26H35NO5Si/c1-16(28)31-20-13-18-19(32-33(6,7)25(2,3)4)14-26(20,5)22-21(18)23(29)27(24(22)30)15-17-11-9-8-10-12-17/h8-13,18-19,21-22H,14-15H2,1-7H3/t18-,19+,21-,22+,26-/m0/s1. The number of amides is 2. The Labute approximate surface area is 197 Å². The lowest BCUT2D eigenvalue weighted by molar-refractivity contribution is -0.150. The molecule has 1 saturated carbocycles. The minimum Gasteiger partial charge on any atom is -0.431 e. The molecule has 2 fully saturated rings. The van der Waals surface area contributed by atoms with E-state index in [0.717, 1.165) is 5.56 Å². The van der Waals surface area contributed by atoms with Gasteiger partial charge >= 0.3 is 5.97 Å². The summed E-state index contributed by atoms with van der Waals surface area (Å²) < 4.78 is 12.4. The molecule has 1 heterocycles. The van der Waals surface area contributed by atoms with Gasteiger partial charge in [-0.25, -0.2) is 0 Å². The van der Waals surface area contributed by atoms with Crippen molar-refractivity contribution in [3.05, 3.63) is 47.7 Å². The van der Waals surface area contributed by atoms with Crippen molar-refractivity contribution in [1.29, 1.82) is 0 Å². The second-order valence-electron chi connectivity index (χ2n) is 11.5. The van der Waals surface area contributed by atoms with Gasteiger partial charge in [0.1, 0.15) is 5.76 Å². The van der Waals surface area contributed by atoms with E-state index in [2.05, 4.69) is 33.9 Å². The molecule has 7 heteroatoms. The number of benzene rings is 1. The lowest BCUT2D eigenvalue weighted by Gasteiger charge is -2.54. The Morgan fingerprint density at radius 1 is 1.15 bits per heavy atom. The maximum atomic E-state index is 13.6. The van der Waals surface area contributed by atoms with E-state index in [1.165, 1.54) is 11.8 Å². The largest absolute Gasteiger partial charge is 0.431 e. The number of likely N-dealkylation sites (tertiary alicyclic amines) is 1. The smallest absolute Gasteiger partial charge is 0.307 e. The van der Waals surface area contributed by atoms with Gasteiger partial charge in [0, 0.05) is 18.3 Å². The minimum atomic E-state index is -2.12. The number of esters is 1. The maximum Gasteiger partial charge on any atom is 0.307 e. The average molecular weight is 470 g/mol. The van der Waals surface area contributed by atoms with Gasteiger partial charge in [-0.3, -0.25) is 19.3 Å². The molecule has 178 valence electrons. The predicted molar refractivity (Wildman–Crippen MR) is 127 cm³/mol. The number of rotatable bonds is 5. The van der Waals surface area contributed by atoms with Crippen LogP contribution in [0.3, 0.4) is 0 Å². The van der Waals surface area contributed by atoms with Gasteiger partial charge in [-0.2, -0.15) is 0 Å². The van der Waals surface area contributed by atoms with Gasteiger partial charge < -0.3 is 9.16 Å². The molecular formula is C26H35NO5Si. The van der Waals surface area contributed by atoms with E-state index < -0.39 is 31.5 Å². The zero-order valence-electron chi connectivity index (χ0n) is 20.7. The van der Waals surface area contributed by atoms with Crippen molar-refractivity contribution in [3.8, 4) is 0 Å². The second-order valence-corrected chi connectivity index (χ2v) is 16.2. The molecule has 1 saturated heterocycles. The summed E-state index contributed by atoms with van der Waals surface area (Å²) in [5.41, 5.74) is 0.147. The average Bonchev–Trinajstić information content (AvgIpc) is 2.95. The fourth-order valence-electron chi connectivity index (χ4n) is 5.45. The molecule has 5 rings (SSSR count). The summed E-state index contributed by atoms with van der Waals surface area (Å²) >= 11 is 0. The monoisotopic (exact) mass is 469 g/mol. The quantitative estimate of drug-likeness (QED) is 0.356. The topological polar surface area (TPSA) is 72.9 Å². The van der Waals surface area contributed by atoms with Crippen LogP contribution >= 0.6 is 0 Å². The molecule has 2 bridgehead atoms. The molecular weight excluding hydrogens is 434 g/mol. The van der Waals surface area contributed by atoms with Crippen molar-refractivity contribution in [3.63, 3.8) is 0 Å². The highest BCUT2D eigenvalue weighted by Gasteiger charge is 2.67. The molecule has 3 aliphatic carbocycles. The third-order valence-electron chi connectivity index (χ3n) is 8.19. The van der Waals surface area contributed by atoms with Crippen molar-refractivity contribution in [2.45, 2.75) is 71.8 Å². The molecule has 2 amide bonds. The molecule has 0 aromatic heterocycles. The van der Waals surface area contributed by atoms with E-state index in [-0.39, 0.29) is 35.4 Å². The first-order valence-corrected chi connectivity index (χ1v) is 14.6. The van der Waals surface area contributed by atoms with Crippen LogP contribution in [0.2, 0.25) is 18.1 Å². The molecule has 33 heavy (non-hydrogen) atoms. The van der Waals surface area contributed by atoms with Gasteiger partial charge in [-0.05, 0) is 36.2 Å². The first kappa shape index (κ1) is 23.9. The highest BCUT2D eigenvalue weighted by molar-refractivity contribution is 6.74. The second kappa shape index (κ2) is 7.91. The van der Waals surface area contributed by atoms with Crippen LogP contribution in [0, 0.1) is 23.2 Å². The lowest BCUT2D eigenvalue weighted by Crippen LogP contribution is -2.58. The van der Waals surface area contributed by atoms with Crippen molar-refractivity contribution >= 4 is 26.1 Å². The number of ether oxygens (including phenoxy) is 1. The highest BCUT2D eigenvalue weighted by atomic mass is 28.4. The molecule has 6 nitrogen and oxygen atoms in total. The van der Waals surface area contributed by atoms with Gasteiger partial charge in [0.05, 0.1) is 24.5 Å². The molecule has 0 N–H and O–H groups in total. The molecule has 0 unspecified atom stereocenters. The summed E-state index contributed by atoms with van der Waals surface area (Å²) in [6, 6.07) is 9.56. The summed E-state index contributed by atoms with van der Waals surface area (Å²) in [7, 11) is -2.12. The number of allylic oxidation sites excluding steroid dienone is 1. The van der Waals surface area contributed by atoms with Crippen LogP contribution in [0.5, 0.6) is 0 Å². The van der Waals surface area contributed by atoms with Gasteiger partial charge in [0.25, 0.3) is 0 Å². The summed E-state index contributed by atoms with van der Waals surface area (Å²) in [5, 5.41) is 0.0152. The third kappa shape index (κ3) is 3.89. The molecule has 5 atom stereocenters. The van der Waals surface area contributed by atoms with Crippen LogP contribution in [0.4, 0.5) is 0 Å². The van der Waals surface area contributed by atoms with Crippen LogP contribution in [0.1, 0.15) is 46.6 Å². The first-order chi connectivity index (χ1) is 15.3. The Hall–Kier alpha value is -2.25. The van der Waals surface area contributed by atoms with Crippen molar-refractivity contribution in [2.24, 2.45) is 23.2 Å². The zero-order chi connectivity index (χ0) is 24.3.